The van der Waals surface area contributed by atoms with Gasteiger partial charge < -0.3 is 4.74 Å². The summed E-state index contributed by atoms with van der Waals surface area (Å²) in [7, 11) is 0. The Hall–Kier alpha value is -3.56. The molecule has 0 spiro atoms. The van der Waals surface area contributed by atoms with Crippen LogP contribution in [0.1, 0.15) is 5.56 Å². The minimum atomic E-state index is -4.92. The summed E-state index contributed by atoms with van der Waals surface area (Å²) in [5.41, 5.74) is -0.291. The van der Waals surface area contributed by atoms with Gasteiger partial charge >= 0.3 is 12.3 Å². The zero-order valence-corrected chi connectivity index (χ0v) is 14.5. The topological polar surface area (TPSA) is 74.8 Å². The lowest BCUT2D eigenvalue weighted by molar-refractivity contribution is -0.185. The fraction of sp³-hybridized carbons (Fsp3) is 0.105. The highest BCUT2D eigenvalue weighted by Gasteiger charge is 2.36. The van der Waals surface area contributed by atoms with Gasteiger partial charge in [-0.1, -0.05) is 12.1 Å². The average Bonchev–Trinajstić information content (AvgIpc) is 2.68. The smallest absolute Gasteiger partial charge is 0.429 e. The number of rotatable bonds is 4. The van der Waals surface area contributed by atoms with Gasteiger partial charge in [-0.25, -0.2) is 0 Å². The van der Waals surface area contributed by atoms with Gasteiger partial charge in [-0.2, -0.15) is 22.0 Å². The first-order chi connectivity index (χ1) is 13.6. The highest BCUT2D eigenvalue weighted by molar-refractivity contribution is 5.87. The lowest BCUT2D eigenvalue weighted by atomic mass is 10.1. The summed E-state index contributed by atoms with van der Waals surface area (Å²) in [6, 6.07) is 10.3. The van der Waals surface area contributed by atoms with Gasteiger partial charge in [0.1, 0.15) is 11.2 Å². The monoisotopic (exact) mass is 408 g/mol. The second-order valence-electron chi connectivity index (χ2n) is 5.90. The lowest BCUT2D eigenvalue weighted by Crippen LogP contribution is -2.36. The molecule has 0 amide bonds. The number of alkyl halides is 5. The molecule has 0 aliphatic heterocycles. The third kappa shape index (κ3) is 4.48. The van der Waals surface area contributed by atoms with Crippen LogP contribution in [0.15, 0.2) is 67.1 Å². The Labute approximate surface area is 161 Å². The minimum Gasteiger partial charge on any atom is -0.429 e. The third-order valence-electron chi connectivity index (χ3n) is 3.89. The number of hydrogen-bond donors (Lipinski definition) is 2. The second kappa shape index (κ2) is 7.46. The summed E-state index contributed by atoms with van der Waals surface area (Å²) < 4.78 is 71.7. The first-order valence-corrected chi connectivity index (χ1v) is 8.09. The van der Waals surface area contributed by atoms with Crippen molar-refractivity contribution in [2.24, 2.45) is 0 Å². The van der Waals surface area contributed by atoms with Crippen LogP contribution in [-0.2, 0) is 6.11 Å². The van der Waals surface area contributed by atoms with E-state index in [0.29, 0.717) is 10.1 Å². The maximum Gasteiger partial charge on any atom is 0.449 e. The molecule has 2 aromatic heterocycles. The Morgan fingerprint density at radius 3 is 2.17 bits per heavy atom. The molecule has 150 valence electrons. The number of aromatic nitrogens is 2. The van der Waals surface area contributed by atoms with Crippen molar-refractivity contribution in [3.63, 3.8) is 0 Å². The van der Waals surface area contributed by atoms with Crippen molar-refractivity contribution in [3.05, 3.63) is 78.2 Å². The molecule has 0 aliphatic rings. The number of nitrogens with one attached hydrogen (secondary N) is 2. The van der Waals surface area contributed by atoms with Gasteiger partial charge in [0.25, 0.3) is 0 Å². The molecule has 0 saturated heterocycles. The van der Waals surface area contributed by atoms with Crippen molar-refractivity contribution in [3.8, 4) is 16.9 Å². The predicted octanol–water partition coefficient (Wildman–Crippen LogP) is 4.55. The van der Waals surface area contributed by atoms with Gasteiger partial charge in [0.15, 0.2) is 0 Å². The van der Waals surface area contributed by atoms with Crippen LogP contribution in [0.25, 0.3) is 11.1 Å². The van der Waals surface area contributed by atoms with Crippen LogP contribution in [0.4, 0.5) is 22.0 Å². The van der Waals surface area contributed by atoms with Crippen LogP contribution in [0.2, 0.25) is 0 Å². The Morgan fingerprint density at radius 2 is 1.59 bits per heavy atom. The molecule has 0 radical (unpaired) electrons. The number of benzene rings is 1. The summed E-state index contributed by atoms with van der Waals surface area (Å²) in [5.74, 6) is -1.86. The summed E-state index contributed by atoms with van der Waals surface area (Å²) in [5, 5.41) is 14.8. The largest absolute Gasteiger partial charge is 0.449 e. The van der Waals surface area contributed by atoms with Crippen LogP contribution in [0.3, 0.4) is 0 Å². The molecule has 2 heterocycles. The van der Waals surface area contributed by atoms with E-state index in [1.165, 1.54) is 42.6 Å². The molecule has 1 aromatic carbocycles. The first kappa shape index (κ1) is 20.2. The quantitative estimate of drug-likeness (QED) is 0.378. The number of ether oxygens (including phenoxy) is 1. The summed E-state index contributed by atoms with van der Waals surface area (Å²) in [6.45, 7) is 0. The zero-order valence-electron chi connectivity index (χ0n) is 14.5. The molecule has 0 saturated carbocycles. The van der Waals surface area contributed by atoms with Crippen molar-refractivity contribution in [1.82, 2.24) is 9.55 Å². The van der Waals surface area contributed by atoms with Crippen LogP contribution in [0, 0.1) is 10.8 Å². The minimum absolute atomic E-state index is 0.157. The van der Waals surface area contributed by atoms with Crippen molar-refractivity contribution in [2.45, 2.75) is 12.3 Å². The molecule has 0 fully saturated rings. The third-order valence-corrected chi connectivity index (χ3v) is 3.89. The normalized spacial score (nSPS) is 11.9. The van der Waals surface area contributed by atoms with Crippen LogP contribution in [0.5, 0.6) is 5.75 Å². The zero-order chi connectivity index (χ0) is 21.2. The van der Waals surface area contributed by atoms with E-state index in [9.17, 15) is 22.0 Å². The van der Waals surface area contributed by atoms with Gasteiger partial charge in [-0.15, -0.1) is 0 Å². The van der Waals surface area contributed by atoms with E-state index in [1.54, 1.807) is 0 Å². The molecule has 0 unspecified atom stereocenters. The van der Waals surface area contributed by atoms with E-state index >= 15 is 0 Å². The SMILES string of the molecule is N=C(n1cc(-c2ccc(OC(F)(F)c3cccnc3)cc2)ccc1=N)C(F)(F)F. The summed E-state index contributed by atoms with van der Waals surface area (Å²) in [4.78, 5) is 3.62. The van der Waals surface area contributed by atoms with Crippen molar-refractivity contribution < 1.29 is 26.7 Å². The Bertz CT molecular complexity index is 1080. The maximum absolute atomic E-state index is 14.1. The Morgan fingerprint density at radius 1 is 0.931 bits per heavy atom. The molecule has 3 rings (SSSR count). The molecule has 2 N–H and O–H groups in total. The fourth-order valence-electron chi connectivity index (χ4n) is 2.45. The molecule has 3 aromatic rings. The van der Waals surface area contributed by atoms with Crippen molar-refractivity contribution in [1.29, 1.82) is 10.8 Å². The Balaban J connectivity index is 1.86. The predicted molar refractivity (Wildman–Crippen MR) is 93.7 cm³/mol. The first-order valence-electron chi connectivity index (χ1n) is 8.09. The van der Waals surface area contributed by atoms with Gasteiger partial charge in [-0.05, 0) is 47.5 Å². The number of pyridine rings is 2. The van der Waals surface area contributed by atoms with E-state index in [-0.39, 0.29) is 11.3 Å². The van der Waals surface area contributed by atoms with Gasteiger partial charge in [-0.3, -0.25) is 20.4 Å². The lowest BCUT2D eigenvalue weighted by Gasteiger charge is -2.18. The number of hydrogen-bond acceptors (Lipinski definition) is 4. The number of nitrogens with zero attached hydrogens (tertiary/aromatic N) is 2. The molecule has 0 aliphatic carbocycles. The van der Waals surface area contributed by atoms with Gasteiger partial charge in [0.2, 0.25) is 5.84 Å². The van der Waals surface area contributed by atoms with E-state index in [0.717, 1.165) is 24.5 Å². The van der Waals surface area contributed by atoms with Gasteiger partial charge in [0.05, 0.1) is 5.56 Å². The van der Waals surface area contributed by atoms with Crippen molar-refractivity contribution in [2.75, 3.05) is 0 Å². The molecule has 5 nitrogen and oxygen atoms in total. The molecule has 0 bridgehead atoms. The van der Waals surface area contributed by atoms with Gasteiger partial charge in [0, 0.05) is 18.6 Å². The van der Waals surface area contributed by atoms with E-state index < -0.39 is 29.2 Å². The van der Waals surface area contributed by atoms with Crippen LogP contribution < -0.4 is 10.2 Å². The van der Waals surface area contributed by atoms with E-state index in [1.807, 2.05) is 0 Å². The molecule has 0 atom stereocenters. The van der Waals surface area contributed by atoms with E-state index in [4.69, 9.17) is 15.6 Å². The highest BCUT2D eigenvalue weighted by atomic mass is 19.4. The Kier molecular flexibility index (Phi) is 5.19. The summed E-state index contributed by atoms with van der Waals surface area (Å²) in [6.07, 6.45) is -5.23. The molecular weight excluding hydrogens is 395 g/mol. The van der Waals surface area contributed by atoms with Crippen molar-refractivity contribution >= 4 is 5.84 Å². The molecular formula is C19H13F5N4O. The summed E-state index contributed by atoms with van der Waals surface area (Å²) >= 11 is 0. The number of halogens is 5. The van der Waals surface area contributed by atoms with E-state index in [2.05, 4.69) is 4.98 Å². The molecule has 29 heavy (non-hydrogen) atoms. The molecule has 10 heteroatoms. The maximum atomic E-state index is 14.1. The van der Waals surface area contributed by atoms with Crippen LogP contribution in [-0.4, -0.2) is 21.6 Å². The average molecular weight is 408 g/mol. The second-order valence-corrected chi connectivity index (χ2v) is 5.90. The van der Waals surface area contributed by atoms with Crippen LogP contribution >= 0.6 is 0 Å². The standard InChI is InChI=1S/C19H13F5N4O/c20-18(21,22)17(26)28-11-13(5-8-16(28)25)12-3-6-15(7-4-12)29-19(23,24)14-2-1-9-27-10-14/h1-11,25-26H. The highest BCUT2D eigenvalue weighted by Crippen LogP contribution is 2.32. The fourth-order valence-corrected chi connectivity index (χ4v) is 2.45.